The second kappa shape index (κ2) is 24.3. The van der Waals surface area contributed by atoms with Crippen LogP contribution in [0.15, 0.2) is 73.7 Å². The summed E-state index contributed by atoms with van der Waals surface area (Å²) in [6, 6.07) is 4.84. The van der Waals surface area contributed by atoms with E-state index in [1.165, 1.54) is 69.6 Å². The summed E-state index contributed by atoms with van der Waals surface area (Å²) in [5, 5.41) is 18.2. The lowest BCUT2D eigenvalue weighted by Gasteiger charge is -2.21. The molecular weight excluding hydrogens is 697 g/mol. The number of amides is 1. The molecule has 0 radical (unpaired) electrons. The van der Waals surface area contributed by atoms with Crippen molar-refractivity contribution in [2.24, 2.45) is 5.10 Å². The Bertz CT molecular complexity index is 1760. The predicted octanol–water partition coefficient (Wildman–Crippen LogP) is 2.37. The summed E-state index contributed by atoms with van der Waals surface area (Å²) < 4.78 is 35.6. The first-order valence-corrected chi connectivity index (χ1v) is 20.3. The van der Waals surface area contributed by atoms with E-state index in [-0.39, 0.29) is 24.2 Å². The molecule has 2 heterocycles. The molecule has 3 rings (SSSR count). The summed E-state index contributed by atoms with van der Waals surface area (Å²) in [5.74, 6) is -1.09. The highest BCUT2D eigenvalue weighted by atomic mass is 32.2. The number of anilines is 1. The Morgan fingerprint density at radius 1 is 0.736 bits per heavy atom. The van der Waals surface area contributed by atoms with E-state index >= 15 is 0 Å². The number of hydrogen-bond acceptors (Lipinski definition) is 8. The van der Waals surface area contributed by atoms with Gasteiger partial charge in [0.2, 0.25) is 0 Å². The van der Waals surface area contributed by atoms with Crippen LogP contribution in [0.4, 0.5) is 5.69 Å². The molecule has 0 saturated carbocycles. The van der Waals surface area contributed by atoms with Gasteiger partial charge in [0.15, 0.2) is 0 Å². The molecule has 0 aliphatic carbocycles. The topological polar surface area (TPSA) is 166 Å². The maximum atomic E-state index is 12.9. The van der Waals surface area contributed by atoms with Crippen molar-refractivity contribution in [3.63, 3.8) is 0 Å². The Morgan fingerprint density at radius 2 is 1.23 bits per heavy atom. The number of hydrogen-bond donors (Lipinski definition) is 2. The smallest absolute Gasteiger partial charge is 0.330 e. The van der Waals surface area contributed by atoms with Crippen molar-refractivity contribution >= 4 is 33.5 Å². The van der Waals surface area contributed by atoms with E-state index in [4.69, 9.17) is 0 Å². The fourth-order valence-electron chi connectivity index (χ4n) is 5.38. The van der Waals surface area contributed by atoms with E-state index in [2.05, 4.69) is 46.6 Å². The van der Waals surface area contributed by atoms with Crippen molar-refractivity contribution in [2.75, 3.05) is 44.3 Å². The highest BCUT2D eigenvalue weighted by Gasteiger charge is 2.28. The van der Waals surface area contributed by atoms with Crippen molar-refractivity contribution in [1.82, 2.24) is 9.13 Å². The number of rotatable bonds is 17. The fourth-order valence-corrected chi connectivity index (χ4v) is 5.85. The Kier molecular flexibility index (Phi) is 21.5. The van der Waals surface area contributed by atoms with E-state index in [9.17, 15) is 32.5 Å². The third kappa shape index (κ3) is 14.3. The Balaban J connectivity index is 0.000000845. The van der Waals surface area contributed by atoms with Crippen LogP contribution in [-0.4, -0.2) is 73.0 Å². The summed E-state index contributed by atoms with van der Waals surface area (Å²) in [4.78, 5) is 41.4. The van der Waals surface area contributed by atoms with Gasteiger partial charge >= 0.3 is 5.69 Å². The van der Waals surface area contributed by atoms with Crippen LogP contribution < -0.4 is 31.2 Å². The maximum absolute atomic E-state index is 12.9. The van der Waals surface area contributed by atoms with E-state index in [0.717, 1.165) is 39.1 Å². The number of aromatic nitrogens is 2. The van der Waals surface area contributed by atoms with Crippen molar-refractivity contribution in [1.29, 1.82) is 0 Å². The second-order valence-electron chi connectivity index (χ2n) is 12.5. The highest BCUT2D eigenvalue weighted by molar-refractivity contribution is 7.85. The summed E-state index contributed by atoms with van der Waals surface area (Å²) >= 11 is 0. The van der Waals surface area contributed by atoms with E-state index < -0.39 is 38.0 Å². The molecule has 0 bridgehead atoms. The minimum Gasteiger partial charge on any atom is -0.859 e. The second-order valence-corrected chi connectivity index (χ2v) is 13.9. The van der Waals surface area contributed by atoms with Crippen LogP contribution in [0.2, 0.25) is 0 Å². The number of carbonyl (C=O) groups excluding carboxylic acids is 1. The molecule has 296 valence electrons. The van der Waals surface area contributed by atoms with Crippen molar-refractivity contribution in [3.05, 3.63) is 80.5 Å². The Labute approximate surface area is 316 Å². The molecule has 14 heteroatoms. The van der Waals surface area contributed by atoms with Crippen LogP contribution in [-0.2, 0) is 28.0 Å². The van der Waals surface area contributed by atoms with Crippen LogP contribution in [0.1, 0.15) is 93.6 Å². The Hall–Kier alpha value is -4.11. The molecule has 1 aromatic carbocycles. The number of benzene rings is 1. The van der Waals surface area contributed by atoms with Gasteiger partial charge in [-0.3, -0.25) is 14.2 Å². The zero-order valence-electron chi connectivity index (χ0n) is 33.2. The van der Waals surface area contributed by atoms with Gasteiger partial charge in [-0.2, -0.15) is 10.1 Å². The van der Waals surface area contributed by atoms with E-state index in [0.29, 0.717) is 24.2 Å². The molecule has 13 nitrogen and oxygen atoms in total. The standard InChI is InChI=1S/C27H32N4O7S.2C6H15N/c1-4-6-17-29-24(32)23(25(33)30(27(29)35)18-7-5-2)12-10-8-9-11-22-19(3)28-31(26(22)34)20-13-15-21(16-14-20)39(36,37)38;2*1-4-7(5-2)6-3/h8-16,32H,4-7,17-18H2,1-3H3,(H,36,37,38);2*4-6H2,1-3H3. The molecule has 1 aromatic heterocycles. The molecule has 0 fully saturated rings. The van der Waals surface area contributed by atoms with Gasteiger partial charge in [-0.1, -0.05) is 44.9 Å². The normalized spacial score (nSPS) is 14.0. The number of nitrogens with one attached hydrogen (secondary N) is 2. The van der Waals surface area contributed by atoms with Gasteiger partial charge in [0.05, 0.1) is 61.1 Å². The van der Waals surface area contributed by atoms with Crippen LogP contribution >= 0.6 is 0 Å². The lowest BCUT2D eigenvalue weighted by Crippen LogP contribution is -3.11. The molecule has 2 aromatic rings. The zero-order valence-corrected chi connectivity index (χ0v) is 34.1. The van der Waals surface area contributed by atoms with Crippen molar-refractivity contribution < 1.29 is 32.7 Å². The largest absolute Gasteiger partial charge is 0.859 e. The van der Waals surface area contributed by atoms with E-state index in [1.54, 1.807) is 28.9 Å². The van der Waals surface area contributed by atoms with Gasteiger partial charge in [-0.25, -0.2) is 13.2 Å². The van der Waals surface area contributed by atoms with Gasteiger partial charge in [-0.15, -0.1) is 0 Å². The van der Waals surface area contributed by atoms with Gasteiger partial charge in [-0.05, 0) is 104 Å². The monoisotopic (exact) mass is 758 g/mol. The van der Waals surface area contributed by atoms with E-state index in [1.807, 2.05) is 13.8 Å². The molecule has 0 unspecified atom stereocenters. The number of unbranched alkanes of at least 4 members (excludes halogenated alkanes) is 2. The summed E-state index contributed by atoms with van der Waals surface area (Å²) in [5.41, 5.74) is -0.345. The van der Waals surface area contributed by atoms with Crippen LogP contribution in [0.25, 0.3) is 6.08 Å². The SMILES string of the molecule is CCCCn1c([O-])c(C=CC=CC=C2C(=O)N(c3ccc(S(=O)(=O)[O-])cc3)N=C2C)c(=O)n(CCCC)c1=O.CC[NH+](CC)CC.CC[NH+](CC)CC. The minimum atomic E-state index is -4.61. The van der Waals surface area contributed by atoms with Crippen LogP contribution in [0.3, 0.4) is 0 Å². The fraction of sp³-hybridized carbons (Fsp3) is 0.538. The average molecular weight is 759 g/mol. The maximum Gasteiger partial charge on any atom is 0.330 e. The lowest BCUT2D eigenvalue weighted by atomic mass is 10.1. The number of carbonyl (C=O) groups is 1. The summed E-state index contributed by atoms with van der Waals surface area (Å²) in [7, 11) is -4.61. The lowest BCUT2D eigenvalue weighted by molar-refractivity contribution is -0.894. The first-order chi connectivity index (χ1) is 25.2. The summed E-state index contributed by atoms with van der Waals surface area (Å²) in [6.45, 7) is 27.0. The predicted molar refractivity (Wildman–Crippen MR) is 211 cm³/mol. The quantitative estimate of drug-likeness (QED) is 0.142. The summed E-state index contributed by atoms with van der Waals surface area (Å²) in [6.07, 6.45) is 10.3. The molecule has 53 heavy (non-hydrogen) atoms. The number of nitrogens with zero attached hydrogens (tertiary/aromatic N) is 4. The number of quaternary nitrogens is 2. The first-order valence-electron chi connectivity index (χ1n) is 18.9. The third-order valence-corrected chi connectivity index (χ3v) is 9.91. The molecule has 2 N–H and O–H groups in total. The molecule has 0 saturated heterocycles. The molecule has 1 aliphatic rings. The van der Waals surface area contributed by atoms with Crippen molar-refractivity contribution in [2.45, 2.75) is 106 Å². The molecule has 0 atom stereocenters. The van der Waals surface area contributed by atoms with Crippen molar-refractivity contribution in [3.8, 4) is 5.88 Å². The molecule has 1 aliphatic heterocycles. The van der Waals surface area contributed by atoms with Gasteiger partial charge in [0.25, 0.3) is 11.5 Å². The minimum absolute atomic E-state index is 0.108. The number of hydrazone groups is 1. The molecule has 1 amide bonds. The highest BCUT2D eigenvalue weighted by Crippen LogP contribution is 2.25. The zero-order chi connectivity index (χ0) is 40.1. The van der Waals surface area contributed by atoms with Gasteiger partial charge in [0, 0.05) is 18.7 Å². The van der Waals surface area contributed by atoms with Gasteiger partial charge in [0.1, 0.15) is 10.1 Å². The third-order valence-electron chi connectivity index (χ3n) is 9.06. The van der Waals surface area contributed by atoms with Crippen LogP contribution in [0.5, 0.6) is 5.88 Å². The Morgan fingerprint density at radius 3 is 1.66 bits per heavy atom. The average Bonchev–Trinajstić information content (AvgIpc) is 3.43. The first kappa shape index (κ1) is 46.9. The molecular formula is C39H62N6O7S. The van der Waals surface area contributed by atoms with Gasteiger partial charge < -0.3 is 24.0 Å². The number of allylic oxidation sites excluding steroid dienone is 4. The molecule has 0 spiro atoms. The van der Waals surface area contributed by atoms with Crippen LogP contribution in [0, 0.1) is 0 Å².